The molecule has 3 rings (SSSR count). The number of benzene rings is 1. The molecule has 0 saturated heterocycles. The predicted molar refractivity (Wildman–Crippen MR) is 79.8 cm³/mol. The Morgan fingerprint density at radius 1 is 1.42 bits per heavy atom. The molecule has 0 unspecified atom stereocenters. The zero-order chi connectivity index (χ0) is 13.4. The fourth-order valence-corrected chi connectivity index (χ4v) is 3.18. The highest BCUT2D eigenvalue weighted by molar-refractivity contribution is 7.71. The molecule has 0 aliphatic carbocycles. The summed E-state index contributed by atoms with van der Waals surface area (Å²) in [4.78, 5) is 3.07. The van der Waals surface area contributed by atoms with Crippen LogP contribution in [0.25, 0.3) is 11.0 Å². The zero-order valence-corrected chi connectivity index (χ0v) is 12.1. The van der Waals surface area contributed by atoms with E-state index in [1.807, 2.05) is 10.6 Å². The molecular weight excluding hydrogens is 279 g/mol. The third-order valence-corrected chi connectivity index (χ3v) is 4.31. The fraction of sp³-hybridized carbons (Fsp3) is 0.214. The standard InChI is InChI=1S/C14H13FN2S2/c1-9-6-13-12(7-11(9)15)16-14(18)17(13)4-2-10-3-5-19-8-10/h3,5-8H,2,4H2,1H3,(H,16,18). The van der Waals surface area contributed by atoms with Crippen molar-refractivity contribution >= 4 is 34.6 Å². The molecule has 3 aromatic rings. The van der Waals surface area contributed by atoms with Gasteiger partial charge in [-0.1, -0.05) is 0 Å². The molecule has 2 heterocycles. The molecule has 0 saturated carbocycles. The number of nitrogens with zero attached hydrogens (tertiary/aromatic N) is 1. The summed E-state index contributed by atoms with van der Waals surface area (Å²) in [7, 11) is 0. The summed E-state index contributed by atoms with van der Waals surface area (Å²) in [5.41, 5.74) is 3.68. The first kappa shape index (κ1) is 12.6. The van der Waals surface area contributed by atoms with Crippen molar-refractivity contribution in [2.24, 2.45) is 0 Å². The van der Waals surface area contributed by atoms with Gasteiger partial charge in [0.05, 0.1) is 11.0 Å². The molecule has 0 atom stereocenters. The number of hydrogen-bond donors (Lipinski definition) is 1. The van der Waals surface area contributed by atoms with Crippen LogP contribution in [0.4, 0.5) is 4.39 Å². The van der Waals surface area contributed by atoms with Crippen LogP contribution in [0.15, 0.2) is 29.0 Å². The van der Waals surface area contributed by atoms with Crippen molar-refractivity contribution in [1.82, 2.24) is 9.55 Å². The molecule has 0 amide bonds. The lowest BCUT2D eigenvalue weighted by atomic mass is 10.2. The summed E-state index contributed by atoms with van der Waals surface area (Å²) < 4.78 is 16.2. The molecular formula is C14H13FN2S2. The molecule has 1 aromatic carbocycles. The third-order valence-electron chi connectivity index (χ3n) is 3.26. The summed E-state index contributed by atoms with van der Waals surface area (Å²) in [6, 6.07) is 5.49. The lowest BCUT2D eigenvalue weighted by molar-refractivity contribution is 0.620. The van der Waals surface area contributed by atoms with E-state index in [9.17, 15) is 4.39 Å². The Balaban J connectivity index is 2.00. The van der Waals surface area contributed by atoms with Gasteiger partial charge in [-0.15, -0.1) is 0 Å². The average molecular weight is 292 g/mol. The number of aromatic nitrogens is 2. The maximum atomic E-state index is 13.5. The van der Waals surface area contributed by atoms with Gasteiger partial charge < -0.3 is 9.55 Å². The molecule has 0 bridgehead atoms. The summed E-state index contributed by atoms with van der Waals surface area (Å²) >= 11 is 7.02. The van der Waals surface area contributed by atoms with Gasteiger partial charge in [0, 0.05) is 6.54 Å². The van der Waals surface area contributed by atoms with E-state index in [1.165, 1.54) is 11.6 Å². The highest BCUT2D eigenvalue weighted by Gasteiger charge is 2.08. The summed E-state index contributed by atoms with van der Waals surface area (Å²) in [6.45, 7) is 2.58. The van der Waals surface area contributed by atoms with E-state index in [1.54, 1.807) is 18.3 Å². The van der Waals surface area contributed by atoms with Crippen LogP contribution in [0, 0.1) is 17.5 Å². The second-order valence-electron chi connectivity index (χ2n) is 4.58. The van der Waals surface area contributed by atoms with Crippen molar-refractivity contribution in [2.45, 2.75) is 19.9 Å². The minimum Gasteiger partial charge on any atom is -0.330 e. The highest BCUT2D eigenvalue weighted by atomic mass is 32.1. The zero-order valence-electron chi connectivity index (χ0n) is 10.4. The minimum absolute atomic E-state index is 0.200. The molecule has 1 N–H and O–H groups in total. The molecule has 2 nitrogen and oxygen atoms in total. The van der Waals surface area contributed by atoms with Crippen molar-refractivity contribution in [3.05, 3.63) is 50.7 Å². The summed E-state index contributed by atoms with van der Waals surface area (Å²) in [5, 5.41) is 4.22. The first-order valence-corrected chi connectivity index (χ1v) is 7.40. The molecule has 98 valence electrons. The van der Waals surface area contributed by atoms with Crippen molar-refractivity contribution in [3.8, 4) is 0 Å². The quantitative estimate of drug-likeness (QED) is 0.707. The van der Waals surface area contributed by atoms with Crippen LogP contribution >= 0.6 is 23.6 Å². The number of fused-ring (bicyclic) bond motifs is 1. The van der Waals surface area contributed by atoms with Gasteiger partial charge in [0.25, 0.3) is 0 Å². The van der Waals surface area contributed by atoms with Gasteiger partial charge in [0.1, 0.15) is 5.82 Å². The van der Waals surface area contributed by atoms with Crippen LogP contribution in [0.5, 0.6) is 0 Å². The molecule has 0 aliphatic heterocycles. The van der Waals surface area contributed by atoms with Gasteiger partial charge in [-0.25, -0.2) is 4.39 Å². The lowest BCUT2D eigenvalue weighted by Gasteiger charge is -2.04. The number of hydrogen-bond acceptors (Lipinski definition) is 2. The van der Waals surface area contributed by atoms with Crippen LogP contribution in [0.1, 0.15) is 11.1 Å². The van der Waals surface area contributed by atoms with E-state index >= 15 is 0 Å². The van der Waals surface area contributed by atoms with Gasteiger partial charge in [-0.05, 0) is 65.6 Å². The molecule has 0 spiro atoms. The van der Waals surface area contributed by atoms with Gasteiger partial charge >= 0.3 is 0 Å². The second kappa shape index (κ2) is 4.90. The van der Waals surface area contributed by atoms with E-state index in [4.69, 9.17) is 12.2 Å². The number of aromatic amines is 1. The SMILES string of the molecule is Cc1cc2c(cc1F)[nH]c(=S)n2CCc1ccsc1. The monoisotopic (exact) mass is 292 g/mol. The van der Waals surface area contributed by atoms with Gasteiger partial charge in [0.15, 0.2) is 4.77 Å². The van der Waals surface area contributed by atoms with Crippen LogP contribution in [-0.2, 0) is 13.0 Å². The maximum absolute atomic E-state index is 13.5. The first-order valence-electron chi connectivity index (χ1n) is 6.05. The smallest absolute Gasteiger partial charge is 0.178 e. The molecule has 19 heavy (non-hydrogen) atoms. The number of imidazole rings is 1. The predicted octanol–water partition coefficient (Wildman–Crippen LogP) is 4.45. The maximum Gasteiger partial charge on any atom is 0.178 e. The molecule has 0 fully saturated rings. The first-order chi connectivity index (χ1) is 9.15. The Hall–Kier alpha value is -1.46. The Bertz CT molecular complexity index is 769. The number of halogens is 1. The van der Waals surface area contributed by atoms with Crippen molar-refractivity contribution in [3.63, 3.8) is 0 Å². The third kappa shape index (κ3) is 2.35. The van der Waals surface area contributed by atoms with Gasteiger partial charge in [-0.3, -0.25) is 0 Å². The largest absolute Gasteiger partial charge is 0.330 e. The van der Waals surface area contributed by atoms with Crippen LogP contribution in [-0.4, -0.2) is 9.55 Å². The Morgan fingerprint density at radius 2 is 2.26 bits per heavy atom. The number of nitrogens with one attached hydrogen (secondary N) is 1. The minimum atomic E-state index is -0.200. The normalized spacial score (nSPS) is 11.3. The average Bonchev–Trinajstić information content (AvgIpc) is 2.96. The fourth-order valence-electron chi connectivity index (χ4n) is 2.18. The number of H-pyrrole nitrogens is 1. The van der Waals surface area contributed by atoms with Crippen molar-refractivity contribution in [1.29, 1.82) is 0 Å². The van der Waals surface area contributed by atoms with E-state index in [0.717, 1.165) is 24.0 Å². The molecule has 0 aliphatic rings. The Kier molecular flexibility index (Phi) is 3.24. The number of aryl methyl sites for hydroxylation is 3. The Morgan fingerprint density at radius 3 is 3.00 bits per heavy atom. The van der Waals surface area contributed by atoms with Gasteiger partial charge in [-0.2, -0.15) is 11.3 Å². The lowest BCUT2D eigenvalue weighted by Crippen LogP contribution is -2.01. The second-order valence-corrected chi connectivity index (χ2v) is 5.75. The molecule has 2 aromatic heterocycles. The van der Waals surface area contributed by atoms with E-state index in [-0.39, 0.29) is 5.82 Å². The van der Waals surface area contributed by atoms with Crippen molar-refractivity contribution < 1.29 is 4.39 Å². The van der Waals surface area contributed by atoms with Crippen LogP contribution in [0.2, 0.25) is 0 Å². The highest BCUT2D eigenvalue weighted by Crippen LogP contribution is 2.19. The number of rotatable bonds is 3. The van der Waals surface area contributed by atoms with E-state index in [0.29, 0.717) is 10.3 Å². The van der Waals surface area contributed by atoms with Gasteiger partial charge in [0.2, 0.25) is 0 Å². The van der Waals surface area contributed by atoms with Crippen LogP contribution in [0.3, 0.4) is 0 Å². The van der Waals surface area contributed by atoms with E-state index < -0.39 is 0 Å². The molecule has 0 radical (unpaired) electrons. The van der Waals surface area contributed by atoms with E-state index in [2.05, 4.69) is 21.8 Å². The molecule has 5 heteroatoms. The Labute approximate surface area is 119 Å². The van der Waals surface area contributed by atoms with Crippen molar-refractivity contribution in [2.75, 3.05) is 0 Å². The van der Waals surface area contributed by atoms with Crippen LogP contribution < -0.4 is 0 Å². The summed E-state index contributed by atoms with van der Waals surface area (Å²) in [5.74, 6) is -0.200. The topological polar surface area (TPSA) is 20.7 Å². The number of thiophene rings is 1. The summed E-state index contributed by atoms with van der Waals surface area (Å²) in [6.07, 6.45) is 0.932.